The summed E-state index contributed by atoms with van der Waals surface area (Å²) in [5, 5.41) is 3.37. The van der Waals surface area contributed by atoms with E-state index in [9.17, 15) is 4.79 Å². The third-order valence-corrected chi connectivity index (χ3v) is 3.41. The molecule has 92 valence electrons. The summed E-state index contributed by atoms with van der Waals surface area (Å²) in [7, 11) is 0. The molecule has 2 heterocycles. The molecule has 2 rings (SSSR count). The summed E-state index contributed by atoms with van der Waals surface area (Å²) >= 11 is 0. The van der Waals surface area contributed by atoms with E-state index in [1.165, 1.54) is 0 Å². The van der Waals surface area contributed by atoms with Crippen molar-refractivity contribution in [3.05, 3.63) is 0 Å². The van der Waals surface area contributed by atoms with Gasteiger partial charge >= 0.3 is 5.97 Å². The number of rotatable bonds is 2. The number of carbonyl (C=O) groups excluding carboxylic acids is 1. The van der Waals surface area contributed by atoms with E-state index >= 15 is 0 Å². The number of hydrogen-bond acceptors (Lipinski definition) is 4. The second-order valence-corrected chi connectivity index (χ2v) is 5.90. The molecule has 0 unspecified atom stereocenters. The lowest BCUT2D eigenvalue weighted by molar-refractivity contribution is -0.140. The van der Waals surface area contributed by atoms with Crippen LogP contribution >= 0.6 is 0 Å². The fourth-order valence-electron chi connectivity index (χ4n) is 2.71. The Labute approximate surface area is 96.7 Å². The van der Waals surface area contributed by atoms with Crippen molar-refractivity contribution in [3.8, 4) is 0 Å². The van der Waals surface area contributed by atoms with E-state index in [0.717, 1.165) is 12.8 Å². The van der Waals surface area contributed by atoms with Crippen molar-refractivity contribution in [2.45, 2.75) is 63.8 Å². The summed E-state index contributed by atoms with van der Waals surface area (Å²) < 4.78 is 10.9. The molecular formula is C12H21NO3. The van der Waals surface area contributed by atoms with E-state index < -0.39 is 0 Å². The standard InChI is InChI=1S/C12H21NO3/c1-11(2)7-9(12(3,4)16-11)13-8-5-6-15-10(8)14/h8-9,13H,5-7H2,1-4H3/t8-,9+/m0/s1. The van der Waals surface area contributed by atoms with Crippen LogP contribution in [-0.2, 0) is 14.3 Å². The molecule has 2 saturated heterocycles. The van der Waals surface area contributed by atoms with Crippen molar-refractivity contribution >= 4 is 5.97 Å². The van der Waals surface area contributed by atoms with E-state index in [-0.39, 0.29) is 29.3 Å². The lowest BCUT2D eigenvalue weighted by Gasteiger charge is -2.28. The SMILES string of the molecule is CC1(C)C[C@@H](N[C@H]2CCOC2=O)C(C)(C)O1. The Kier molecular flexibility index (Phi) is 2.75. The van der Waals surface area contributed by atoms with Gasteiger partial charge in [-0.05, 0) is 34.1 Å². The molecule has 2 aliphatic heterocycles. The first kappa shape index (κ1) is 11.9. The number of ether oxygens (including phenoxy) is 2. The predicted octanol–water partition coefficient (Wildman–Crippen LogP) is 1.24. The average Bonchev–Trinajstić information content (AvgIpc) is 2.56. The molecule has 0 aliphatic carbocycles. The van der Waals surface area contributed by atoms with Gasteiger partial charge in [-0.15, -0.1) is 0 Å². The van der Waals surface area contributed by atoms with Gasteiger partial charge < -0.3 is 9.47 Å². The second kappa shape index (κ2) is 3.70. The number of carbonyl (C=O) groups is 1. The van der Waals surface area contributed by atoms with Gasteiger partial charge in [0.25, 0.3) is 0 Å². The number of cyclic esters (lactones) is 1. The molecule has 0 spiro atoms. The topological polar surface area (TPSA) is 47.6 Å². The predicted molar refractivity (Wildman–Crippen MR) is 60.1 cm³/mol. The maximum absolute atomic E-state index is 11.4. The largest absolute Gasteiger partial charge is 0.464 e. The zero-order valence-corrected chi connectivity index (χ0v) is 10.5. The van der Waals surface area contributed by atoms with Gasteiger partial charge in [0.2, 0.25) is 0 Å². The quantitative estimate of drug-likeness (QED) is 0.721. The van der Waals surface area contributed by atoms with E-state index in [1.807, 2.05) is 0 Å². The Morgan fingerprint density at radius 2 is 2.00 bits per heavy atom. The molecule has 0 saturated carbocycles. The molecule has 0 aromatic rings. The van der Waals surface area contributed by atoms with Crippen LogP contribution in [0.2, 0.25) is 0 Å². The second-order valence-electron chi connectivity index (χ2n) is 5.90. The molecule has 0 aromatic heterocycles. The summed E-state index contributed by atoms with van der Waals surface area (Å²) in [6.07, 6.45) is 1.69. The minimum Gasteiger partial charge on any atom is -0.464 e. The molecule has 0 aromatic carbocycles. The van der Waals surface area contributed by atoms with Crippen molar-refractivity contribution in [1.29, 1.82) is 0 Å². The van der Waals surface area contributed by atoms with Gasteiger partial charge in [-0.1, -0.05) is 0 Å². The first-order valence-electron chi connectivity index (χ1n) is 5.93. The van der Waals surface area contributed by atoms with Crippen LogP contribution in [-0.4, -0.2) is 35.9 Å². The molecule has 2 fully saturated rings. The summed E-state index contributed by atoms with van der Waals surface area (Å²) in [5.74, 6) is -0.125. The van der Waals surface area contributed by atoms with E-state index in [1.54, 1.807) is 0 Å². The highest BCUT2D eigenvalue weighted by Gasteiger charge is 2.47. The fourth-order valence-corrected chi connectivity index (χ4v) is 2.71. The fraction of sp³-hybridized carbons (Fsp3) is 0.917. The monoisotopic (exact) mass is 227 g/mol. The molecule has 1 N–H and O–H groups in total. The first-order chi connectivity index (χ1) is 7.30. The van der Waals surface area contributed by atoms with Crippen molar-refractivity contribution in [1.82, 2.24) is 5.32 Å². The Balaban J connectivity index is 2.02. The smallest absolute Gasteiger partial charge is 0.323 e. The summed E-state index contributed by atoms with van der Waals surface area (Å²) in [6.45, 7) is 8.85. The minimum absolute atomic E-state index is 0.121. The van der Waals surface area contributed by atoms with Crippen molar-refractivity contribution < 1.29 is 14.3 Å². The van der Waals surface area contributed by atoms with Gasteiger partial charge in [0.15, 0.2) is 0 Å². The molecule has 16 heavy (non-hydrogen) atoms. The zero-order valence-electron chi connectivity index (χ0n) is 10.5. The number of esters is 1. The molecule has 0 radical (unpaired) electrons. The summed E-state index contributed by atoms with van der Waals surface area (Å²) in [5.41, 5.74) is -0.351. The van der Waals surface area contributed by atoms with Crippen LogP contribution in [0.1, 0.15) is 40.5 Å². The average molecular weight is 227 g/mol. The van der Waals surface area contributed by atoms with Gasteiger partial charge in [-0.2, -0.15) is 0 Å². The highest BCUT2D eigenvalue weighted by molar-refractivity contribution is 5.77. The van der Waals surface area contributed by atoms with Gasteiger partial charge in [0.1, 0.15) is 6.04 Å². The Morgan fingerprint density at radius 3 is 2.44 bits per heavy atom. The lowest BCUT2D eigenvalue weighted by Crippen LogP contribution is -2.49. The van der Waals surface area contributed by atoms with E-state index in [4.69, 9.17) is 9.47 Å². The minimum atomic E-state index is -0.230. The van der Waals surface area contributed by atoms with Gasteiger partial charge in [0, 0.05) is 12.5 Å². The Bertz CT molecular complexity index is 299. The summed E-state index contributed by atoms with van der Waals surface area (Å²) in [4.78, 5) is 11.4. The highest BCUT2D eigenvalue weighted by Crippen LogP contribution is 2.37. The molecule has 4 heteroatoms. The maximum Gasteiger partial charge on any atom is 0.323 e. The van der Waals surface area contributed by atoms with Gasteiger partial charge in [0.05, 0.1) is 17.8 Å². The van der Waals surface area contributed by atoms with Crippen molar-refractivity contribution in [2.75, 3.05) is 6.61 Å². The molecule has 4 nitrogen and oxygen atoms in total. The van der Waals surface area contributed by atoms with E-state index in [0.29, 0.717) is 6.61 Å². The third kappa shape index (κ3) is 2.23. The molecule has 2 aliphatic rings. The lowest BCUT2D eigenvalue weighted by atomic mass is 9.93. The van der Waals surface area contributed by atoms with Crippen LogP contribution in [0.3, 0.4) is 0 Å². The van der Waals surface area contributed by atoms with Crippen LogP contribution in [0.25, 0.3) is 0 Å². The highest BCUT2D eigenvalue weighted by atomic mass is 16.5. The van der Waals surface area contributed by atoms with Crippen LogP contribution in [0.4, 0.5) is 0 Å². The van der Waals surface area contributed by atoms with Gasteiger partial charge in [-0.3, -0.25) is 10.1 Å². The third-order valence-electron chi connectivity index (χ3n) is 3.41. The number of nitrogens with one attached hydrogen (secondary N) is 1. The van der Waals surface area contributed by atoms with Crippen LogP contribution in [0.15, 0.2) is 0 Å². The number of hydrogen-bond donors (Lipinski definition) is 1. The van der Waals surface area contributed by atoms with Crippen molar-refractivity contribution in [2.24, 2.45) is 0 Å². The first-order valence-corrected chi connectivity index (χ1v) is 5.93. The van der Waals surface area contributed by atoms with Crippen LogP contribution in [0, 0.1) is 0 Å². The zero-order chi connectivity index (χ0) is 12.0. The van der Waals surface area contributed by atoms with Crippen molar-refractivity contribution in [3.63, 3.8) is 0 Å². The molecule has 0 amide bonds. The summed E-state index contributed by atoms with van der Waals surface area (Å²) in [6, 6.07) is 0.0555. The molecule has 2 atom stereocenters. The Morgan fingerprint density at radius 1 is 1.31 bits per heavy atom. The van der Waals surface area contributed by atoms with Crippen LogP contribution < -0.4 is 5.32 Å². The van der Waals surface area contributed by atoms with E-state index in [2.05, 4.69) is 33.0 Å². The normalized spacial score (nSPS) is 36.4. The molecule has 0 bridgehead atoms. The maximum atomic E-state index is 11.4. The van der Waals surface area contributed by atoms with Crippen LogP contribution in [0.5, 0.6) is 0 Å². The Hall–Kier alpha value is -0.610. The molecular weight excluding hydrogens is 206 g/mol. The van der Waals surface area contributed by atoms with Gasteiger partial charge in [-0.25, -0.2) is 0 Å².